The number of hydrogen-bond donors (Lipinski definition) is 1. The summed E-state index contributed by atoms with van der Waals surface area (Å²) in [5.41, 5.74) is 0.970. The molecule has 6 heteroatoms. The third kappa shape index (κ3) is 2.75. The molecule has 6 nitrogen and oxygen atoms in total. The molecule has 0 unspecified atom stereocenters. The van der Waals surface area contributed by atoms with Crippen LogP contribution in [0.3, 0.4) is 0 Å². The Hall–Kier alpha value is -1.98. The lowest BCUT2D eigenvalue weighted by Crippen LogP contribution is -2.00. The Kier molecular flexibility index (Phi) is 3.42. The van der Waals surface area contributed by atoms with Crippen LogP contribution >= 0.6 is 0 Å². The Morgan fingerprint density at radius 1 is 1.25 bits per heavy atom. The maximum absolute atomic E-state index is 5.37. The molecule has 0 aliphatic heterocycles. The predicted molar refractivity (Wildman–Crippen MR) is 57.7 cm³/mol. The highest BCUT2D eigenvalue weighted by atomic mass is 16.4. The molecule has 0 radical (unpaired) electrons. The Labute approximate surface area is 93.1 Å². The van der Waals surface area contributed by atoms with Crippen molar-refractivity contribution >= 4 is 6.01 Å². The maximum Gasteiger partial charge on any atom is 0.315 e. The molecular formula is C10H13N5O. The summed E-state index contributed by atoms with van der Waals surface area (Å²) in [7, 11) is 0. The number of aryl methyl sites for hydroxylation is 1. The van der Waals surface area contributed by atoms with E-state index in [-0.39, 0.29) is 0 Å². The van der Waals surface area contributed by atoms with Gasteiger partial charge in [0.25, 0.3) is 0 Å². The summed E-state index contributed by atoms with van der Waals surface area (Å²) in [6, 6.07) is 0.437. The standard InChI is InChI=1S/C10H13N5O/c1-2-3-9-14-15-10(16-9)13-6-8-4-11-7-12-5-8/h4-5,7H,2-3,6H2,1H3,(H,13,15). The summed E-state index contributed by atoms with van der Waals surface area (Å²) in [5, 5.41) is 10.8. The van der Waals surface area contributed by atoms with Crippen LogP contribution in [0.4, 0.5) is 6.01 Å². The molecule has 0 amide bonds. The van der Waals surface area contributed by atoms with Gasteiger partial charge in [-0.25, -0.2) is 9.97 Å². The Morgan fingerprint density at radius 2 is 2.06 bits per heavy atom. The molecule has 0 spiro atoms. The predicted octanol–water partition coefficient (Wildman–Crippen LogP) is 1.42. The number of aromatic nitrogens is 4. The molecule has 0 aromatic carbocycles. The van der Waals surface area contributed by atoms with Gasteiger partial charge in [-0.2, -0.15) is 0 Å². The maximum atomic E-state index is 5.37. The summed E-state index contributed by atoms with van der Waals surface area (Å²) >= 11 is 0. The van der Waals surface area contributed by atoms with E-state index in [2.05, 4.69) is 32.4 Å². The van der Waals surface area contributed by atoms with E-state index in [4.69, 9.17) is 4.42 Å². The van der Waals surface area contributed by atoms with Crippen molar-refractivity contribution in [2.75, 3.05) is 5.32 Å². The molecule has 2 rings (SSSR count). The van der Waals surface area contributed by atoms with Gasteiger partial charge in [-0.1, -0.05) is 12.0 Å². The van der Waals surface area contributed by atoms with Crippen molar-refractivity contribution in [3.63, 3.8) is 0 Å². The second-order valence-electron chi connectivity index (χ2n) is 3.35. The topological polar surface area (TPSA) is 76.7 Å². The largest absolute Gasteiger partial charge is 0.408 e. The second kappa shape index (κ2) is 5.20. The van der Waals surface area contributed by atoms with Gasteiger partial charge in [0.2, 0.25) is 5.89 Å². The smallest absolute Gasteiger partial charge is 0.315 e. The number of nitrogens with zero attached hydrogens (tertiary/aromatic N) is 4. The zero-order chi connectivity index (χ0) is 11.2. The molecular weight excluding hydrogens is 206 g/mol. The van der Waals surface area contributed by atoms with Crippen LogP contribution in [0.5, 0.6) is 0 Å². The van der Waals surface area contributed by atoms with Gasteiger partial charge in [0.05, 0.1) is 0 Å². The van der Waals surface area contributed by atoms with Crippen LogP contribution in [-0.4, -0.2) is 20.2 Å². The Morgan fingerprint density at radius 3 is 2.81 bits per heavy atom. The lowest BCUT2D eigenvalue weighted by Gasteiger charge is -1.99. The molecule has 0 saturated carbocycles. The lowest BCUT2D eigenvalue weighted by molar-refractivity contribution is 0.501. The zero-order valence-electron chi connectivity index (χ0n) is 9.05. The van der Waals surface area contributed by atoms with Gasteiger partial charge in [0, 0.05) is 30.9 Å². The summed E-state index contributed by atoms with van der Waals surface area (Å²) in [6.07, 6.45) is 6.78. The minimum absolute atomic E-state index is 0.437. The number of rotatable bonds is 5. The van der Waals surface area contributed by atoms with Crippen LogP contribution in [-0.2, 0) is 13.0 Å². The molecule has 0 aliphatic carbocycles. The first-order valence-corrected chi connectivity index (χ1v) is 5.18. The van der Waals surface area contributed by atoms with Crippen molar-refractivity contribution in [2.24, 2.45) is 0 Å². The van der Waals surface area contributed by atoms with Crippen LogP contribution in [0.25, 0.3) is 0 Å². The number of anilines is 1. The number of nitrogens with one attached hydrogen (secondary N) is 1. The van der Waals surface area contributed by atoms with E-state index in [0.29, 0.717) is 18.5 Å². The van der Waals surface area contributed by atoms with E-state index in [9.17, 15) is 0 Å². The summed E-state index contributed by atoms with van der Waals surface area (Å²) in [4.78, 5) is 7.83. The monoisotopic (exact) mass is 219 g/mol. The van der Waals surface area contributed by atoms with E-state index in [1.807, 2.05) is 0 Å². The third-order valence-corrected chi connectivity index (χ3v) is 1.99. The van der Waals surface area contributed by atoms with Gasteiger partial charge < -0.3 is 9.73 Å². The van der Waals surface area contributed by atoms with Crippen LogP contribution in [0, 0.1) is 0 Å². The summed E-state index contributed by atoms with van der Waals surface area (Å²) in [5.74, 6) is 0.661. The first-order valence-electron chi connectivity index (χ1n) is 5.18. The van der Waals surface area contributed by atoms with Crippen LogP contribution in [0.1, 0.15) is 24.8 Å². The lowest BCUT2D eigenvalue weighted by atomic mass is 10.3. The van der Waals surface area contributed by atoms with Gasteiger partial charge in [-0.15, -0.1) is 5.10 Å². The van der Waals surface area contributed by atoms with E-state index in [1.165, 1.54) is 6.33 Å². The van der Waals surface area contributed by atoms with Crippen molar-refractivity contribution in [2.45, 2.75) is 26.3 Å². The first kappa shape index (κ1) is 10.5. The second-order valence-corrected chi connectivity index (χ2v) is 3.35. The molecule has 0 atom stereocenters. The van der Waals surface area contributed by atoms with Gasteiger partial charge in [-0.05, 0) is 6.42 Å². The van der Waals surface area contributed by atoms with Crippen LogP contribution in [0.15, 0.2) is 23.1 Å². The van der Waals surface area contributed by atoms with Crippen LogP contribution in [0.2, 0.25) is 0 Å². The Bertz CT molecular complexity index is 428. The molecule has 0 aliphatic rings. The molecule has 2 aromatic heterocycles. The minimum atomic E-state index is 0.437. The molecule has 1 N–H and O–H groups in total. The fourth-order valence-corrected chi connectivity index (χ4v) is 1.24. The average Bonchev–Trinajstić information content (AvgIpc) is 2.76. The van der Waals surface area contributed by atoms with E-state index < -0.39 is 0 Å². The fraction of sp³-hybridized carbons (Fsp3) is 0.400. The summed E-state index contributed by atoms with van der Waals surface area (Å²) in [6.45, 7) is 2.65. The SMILES string of the molecule is CCCc1nnc(NCc2cncnc2)o1. The zero-order valence-corrected chi connectivity index (χ0v) is 9.05. The first-order chi connectivity index (χ1) is 7.88. The molecule has 2 heterocycles. The van der Waals surface area contributed by atoms with Gasteiger partial charge >= 0.3 is 6.01 Å². The van der Waals surface area contributed by atoms with E-state index in [1.54, 1.807) is 12.4 Å². The highest BCUT2D eigenvalue weighted by molar-refractivity contribution is 5.20. The third-order valence-electron chi connectivity index (χ3n) is 1.99. The normalized spacial score (nSPS) is 10.3. The van der Waals surface area contributed by atoms with Crippen LogP contribution < -0.4 is 5.32 Å². The van der Waals surface area contributed by atoms with E-state index in [0.717, 1.165) is 18.4 Å². The molecule has 2 aromatic rings. The van der Waals surface area contributed by atoms with Crippen molar-refractivity contribution in [3.05, 3.63) is 30.2 Å². The fourth-order valence-electron chi connectivity index (χ4n) is 1.24. The highest BCUT2D eigenvalue weighted by Gasteiger charge is 2.04. The van der Waals surface area contributed by atoms with Gasteiger partial charge in [0.15, 0.2) is 0 Å². The highest BCUT2D eigenvalue weighted by Crippen LogP contribution is 2.08. The quantitative estimate of drug-likeness (QED) is 0.819. The minimum Gasteiger partial charge on any atom is -0.408 e. The average molecular weight is 219 g/mol. The molecule has 0 bridgehead atoms. The molecule has 16 heavy (non-hydrogen) atoms. The van der Waals surface area contributed by atoms with Crippen molar-refractivity contribution in [1.29, 1.82) is 0 Å². The van der Waals surface area contributed by atoms with Crippen molar-refractivity contribution < 1.29 is 4.42 Å². The summed E-state index contributed by atoms with van der Waals surface area (Å²) < 4.78 is 5.37. The van der Waals surface area contributed by atoms with Gasteiger partial charge in [0.1, 0.15) is 6.33 Å². The molecule has 0 saturated heterocycles. The Balaban J connectivity index is 1.89. The van der Waals surface area contributed by atoms with Gasteiger partial charge in [-0.3, -0.25) is 0 Å². The van der Waals surface area contributed by atoms with E-state index >= 15 is 0 Å². The molecule has 84 valence electrons. The van der Waals surface area contributed by atoms with Crippen molar-refractivity contribution in [3.8, 4) is 0 Å². The molecule has 0 fully saturated rings. The van der Waals surface area contributed by atoms with Crippen molar-refractivity contribution in [1.82, 2.24) is 20.2 Å². The number of hydrogen-bond acceptors (Lipinski definition) is 6.